The van der Waals surface area contributed by atoms with Gasteiger partial charge in [-0.3, -0.25) is 4.90 Å². The highest BCUT2D eigenvalue weighted by Gasteiger charge is 2.24. The predicted octanol–water partition coefficient (Wildman–Crippen LogP) is 2.75. The molecular formula is C12H13NO2S. The zero-order valence-electron chi connectivity index (χ0n) is 8.89. The number of ether oxygens (including phenoxy) is 1. The monoisotopic (exact) mass is 235 g/mol. The van der Waals surface area contributed by atoms with Gasteiger partial charge in [0, 0.05) is 13.0 Å². The molecule has 1 fully saturated rings. The first-order chi connectivity index (χ1) is 7.77. The van der Waals surface area contributed by atoms with E-state index in [0.29, 0.717) is 18.1 Å². The minimum Gasteiger partial charge on any atom is -0.444 e. The third-order valence-corrected chi connectivity index (χ3v) is 2.92. The van der Waals surface area contributed by atoms with E-state index in [9.17, 15) is 4.79 Å². The fourth-order valence-electron chi connectivity index (χ4n) is 1.64. The maximum atomic E-state index is 11.6. The molecule has 1 aromatic rings. The minimum atomic E-state index is -0.327. The lowest BCUT2D eigenvalue weighted by Crippen LogP contribution is -2.31. The zero-order valence-corrected chi connectivity index (χ0v) is 9.70. The Morgan fingerprint density at radius 3 is 2.75 bits per heavy atom. The van der Waals surface area contributed by atoms with Crippen molar-refractivity contribution in [1.29, 1.82) is 0 Å². The second-order valence-corrected chi connectivity index (χ2v) is 4.16. The molecule has 2 rings (SSSR count). The normalized spacial score (nSPS) is 15.2. The number of carbonyl (C=O) groups excluding carboxylic acids is 1. The summed E-state index contributed by atoms with van der Waals surface area (Å²) >= 11 is 5.07. The molecule has 0 bridgehead atoms. The molecule has 3 nitrogen and oxygen atoms in total. The van der Waals surface area contributed by atoms with Crippen molar-refractivity contribution < 1.29 is 9.53 Å². The van der Waals surface area contributed by atoms with Crippen LogP contribution in [-0.2, 0) is 11.3 Å². The van der Waals surface area contributed by atoms with E-state index >= 15 is 0 Å². The number of amides is 1. The van der Waals surface area contributed by atoms with Crippen molar-refractivity contribution in [3.8, 4) is 0 Å². The second kappa shape index (κ2) is 5.07. The first-order valence-corrected chi connectivity index (χ1v) is 5.69. The van der Waals surface area contributed by atoms with Crippen LogP contribution in [0.2, 0.25) is 0 Å². The minimum absolute atomic E-state index is 0.304. The molecule has 1 saturated heterocycles. The van der Waals surface area contributed by atoms with Crippen LogP contribution < -0.4 is 0 Å². The molecule has 4 heteroatoms. The average Bonchev–Trinajstić information content (AvgIpc) is 2.74. The summed E-state index contributed by atoms with van der Waals surface area (Å²) < 4.78 is 5.18. The Bertz CT molecular complexity index is 391. The molecular weight excluding hydrogens is 222 g/mol. The average molecular weight is 235 g/mol. The Morgan fingerprint density at radius 1 is 1.38 bits per heavy atom. The summed E-state index contributed by atoms with van der Waals surface area (Å²) in [5.74, 6) is 0. The lowest BCUT2D eigenvalue weighted by Gasteiger charge is -2.15. The van der Waals surface area contributed by atoms with E-state index in [1.807, 2.05) is 30.3 Å². The summed E-state index contributed by atoms with van der Waals surface area (Å²) in [5, 5.41) is 0. The Labute approximate surface area is 100 Å². The highest BCUT2D eigenvalue weighted by atomic mass is 32.1. The quantitative estimate of drug-likeness (QED) is 0.738. The maximum absolute atomic E-state index is 11.6. The van der Waals surface area contributed by atoms with Gasteiger partial charge < -0.3 is 4.74 Å². The van der Waals surface area contributed by atoms with Crippen molar-refractivity contribution in [3.63, 3.8) is 0 Å². The van der Waals surface area contributed by atoms with Gasteiger partial charge in [0.15, 0.2) is 0 Å². The summed E-state index contributed by atoms with van der Waals surface area (Å²) in [5.41, 5.74) is 0.987. The van der Waals surface area contributed by atoms with E-state index < -0.39 is 0 Å². The number of thiocarbonyl (C=S) groups is 1. The van der Waals surface area contributed by atoms with Gasteiger partial charge in [0.25, 0.3) is 0 Å². The SMILES string of the molecule is O=C(OCc1ccccc1)N1CCCC1=S. The van der Waals surface area contributed by atoms with Crippen LogP contribution in [0.4, 0.5) is 4.79 Å². The highest BCUT2D eigenvalue weighted by molar-refractivity contribution is 7.80. The van der Waals surface area contributed by atoms with Crippen LogP contribution in [0.1, 0.15) is 18.4 Å². The summed E-state index contributed by atoms with van der Waals surface area (Å²) in [7, 11) is 0. The van der Waals surface area contributed by atoms with Gasteiger partial charge in [-0.15, -0.1) is 0 Å². The van der Waals surface area contributed by atoms with Crippen LogP contribution >= 0.6 is 12.2 Å². The number of hydrogen-bond acceptors (Lipinski definition) is 3. The Morgan fingerprint density at radius 2 is 2.12 bits per heavy atom. The number of carbonyl (C=O) groups is 1. The third kappa shape index (κ3) is 2.58. The highest BCUT2D eigenvalue weighted by Crippen LogP contribution is 2.13. The van der Waals surface area contributed by atoms with Gasteiger partial charge in [0.2, 0.25) is 0 Å². The summed E-state index contributed by atoms with van der Waals surface area (Å²) in [6, 6.07) is 9.62. The molecule has 1 aliphatic heterocycles. The molecule has 0 aliphatic carbocycles. The molecule has 1 aromatic carbocycles. The molecule has 1 amide bonds. The molecule has 0 N–H and O–H groups in total. The number of nitrogens with zero attached hydrogens (tertiary/aromatic N) is 1. The molecule has 0 saturated carbocycles. The van der Waals surface area contributed by atoms with Crippen molar-refractivity contribution in [3.05, 3.63) is 35.9 Å². The Kier molecular flexibility index (Phi) is 3.51. The van der Waals surface area contributed by atoms with Gasteiger partial charge in [0.1, 0.15) is 6.61 Å². The van der Waals surface area contributed by atoms with Crippen molar-refractivity contribution >= 4 is 23.3 Å². The summed E-state index contributed by atoms with van der Waals surface area (Å²) in [6.45, 7) is 0.991. The Hall–Kier alpha value is -1.42. The molecule has 0 atom stereocenters. The van der Waals surface area contributed by atoms with Crippen LogP contribution in [0.15, 0.2) is 30.3 Å². The standard InChI is InChI=1S/C12H13NO2S/c14-12(13-8-4-7-11(13)16)15-9-10-5-2-1-3-6-10/h1-3,5-6H,4,7-9H2. The Balaban J connectivity index is 1.86. The lowest BCUT2D eigenvalue weighted by molar-refractivity contribution is 0.119. The third-order valence-electron chi connectivity index (χ3n) is 2.50. The van der Waals surface area contributed by atoms with Crippen molar-refractivity contribution in [2.24, 2.45) is 0 Å². The van der Waals surface area contributed by atoms with Crippen LogP contribution in [0.3, 0.4) is 0 Å². The predicted molar refractivity (Wildman–Crippen MR) is 65.2 cm³/mol. The van der Waals surface area contributed by atoms with Crippen molar-refractivity contribution in [2.75, 3.05) is 6.54 Å². The number of hydrogen-bond donors (Lipinski definition) is 0. The van der Waals surface area contributed by atoms with Gasteiger partial charge in [-0.25, -0.2) is 4.79 Å². The summed E-state index contributed by atoms with van der Waals surface area (Å²) in [6.07, 6.45) is 1.43. The van der Waals surface area contributed by atoms with E-state index in [0.717, 1.165) is 18.4 Å². The van der Waals surface area contributed by atoms with Gasteiger partial charge in [-0.1, -0.05) is 42.5 Å². The fourth-order valence-corrected chi connectivity index (χ4v) is 1.95. The van der Waals surface area contributed by atoms with E-state index in [-0.39, 0.29) is 6.09 Å². The van der Waals surface area contributed by atoms with E-state index in [1.165, 1.54) is 4.90 Å². The van der Waals surface area contributed by atoms with E-state index in [2.05, 4.69) is 0 Å². The van der Waals surface area contributed by atoms with Crippen LogP contribution in [0, 0.1) is 0 Å². The fraction of sp³-hybridized carbons (Fsp3) is 0.333. The van der Waals surface area contributed by atoms with Gasteiger partial charge >= 0.3 is 6.09 Å². The van der Waals surface area contributed by atoms with Gasteiger partial charge in [-0.05, 0) is 12.0 Å². The molecule has 0 unspecified atom stereocenters. The summed E-state index contributed by atoms with van der Waals surface area (Å²) in [4.78, 5) is 13.9. The molecule has 16 heavy (non-hydrogen) atoms. The molecule has 1 heterocycles. The maximum Gasteiger partial charge on any atom is 0.415 e. The molecule has 1 aliphatic rings. The molecule has 0 radical (unpaired) electrons. The van der Waals surface area contributed by atoms with Crippen LogP contribution in [-0.4, -0.2) is 22.5 Å². The van der Waals surface area contributed by atoms with Crippen molar-refractivity contribution in [1.82, 2.24) is 4.90 Å². The topological polar surface area (TPSA) is 29.5 Å². The second-order valence-electron chi connectivity index (χ2n) is 3.69. The lowest BCUT2D eigenvalue weighted by atomic mass is 10.2. The van der Waals surface area contributed by atoms with Crippen LogP contribution in [0.25, 0.3) is 0 Å². The van der Waals surface area contributed by atoms with E-state index in [1.54, 1.807) is 0 Å². The van der Waals surface area contributed by atoms with Crippen molar-refractivity contribution in [2.45, 2.75) is 19.4 Å². The van der Waals surface area contributed by atoms with E-state index in [4.69, 9.17) is 17.0 Å². The molecule has 0 aromatic heterocycles. The zero-order chi connectivity index (χ0) is 11.4. The molecule has 84 valence electrons. The number of benzene rings is 1. The number of likely N-dealkylation sites (tertiary alicyclic amines) is 1. The first-order valence-electron chi connectivity index (χ1n) is 5.28. The largest absolute Gasteiger partial charge is 0.444 e. The first kappa shape index (κ1) is 11.1. The van der Waals surface area contributed by atoms with Crippen LogP contribution in [0.5, 0.6) is 0 Å². The smallest absolute Gasteiger partial charge is 0.415 e. The number of rotatable bonds is 2. The van der Waals surface area contributed by atoms with Gasteiger partial charge in [0.05, 0.1) is 4.99 Å². The molecule has 0 spiro atoms. The van der Waals surface area contributed by atoms with Gasteiger partial charge in [-0.2, -0.15) is 0 Å².